The number of amides is 2. The van der Waals surface area contributed by atoms with Crippen LogP contribution >= 0.6 is 23.2 Å². The second kappa shape index (κ2) is 7.99. The molecule has 1 fully saturated rings. The van der Waals surface area contributed by atoms with Crippen LogP contribution in [0.2, 0.25) is 10.0 Å². The molecule has 164 valence electrons. The number of carbonyl (C=O) groups excluding carboxylic acids is 2. The number of halogens is 2. The minimum absolute atomic E-state index is 0.0906. The van der Waals surface area contributed by atoms with E-state index in [9.17, 15) is 9.59 Å². The molecule has 0 radical (unpaired) electrons. The summed E-state index contributed by atoms with van der Waals surface area (Å²) < 4.78 is 12.1. The molecule has 2 aliphatic heterocycles. The summed E-state index contributed by atoms with van der Waals surface area (Å²) in [5.41, 5.74) is 1.32. The summed E-state index contributed by atoms with van der Waals surface area (Å²) in [6.45, 7) is 2.19. The van der Waals surface area contributed by atoms with Crippen molar-refractivity contribution in [1.82, 2.24) is 14.8 Å². The summed E-state index contributed by atoms with van der Waals surface area (Å²) >= 11 is 12.2. The Labute approximate surface area is 192 Å². The van der Waals surface area contributed by atoms with E-state index in [1.165, 1.54) is 10.9 Å². The van der Waals surface area contributed by atoms with Crippen molar-refractivity contribution in [3.05, 3.63) is 52.3 Å². The van der Waals surface area contributed by atoms with Gasteiger partial charge in [-0.05, 0) is 25.1 Å². The van der Waals surface area contributed by atoms with E-state index in [0.717, 1.165) is 0 Å². The molecule has 2 aromatic heterocycles. The SMILES string of the molecule is Cc1cc(NC(=O)C2CC(=O)N(c3ccc4c(c3)OCO4)C2)n(-c2ncc(Cl)cc2Cl)n1. The zero-order valence-electron chi connectivity index (χ0n) is 16.8. The van der Waals surface area contributed by atoms with E-state index in [2.05, 4.69) is 15.4 Å². The van der Waals surface area contributed by atoms with Crippen molar-refractivity contribution in [2.24, 2.45) is 5.92 Å². The Morgan fingerprint density at radius 2 is 2.00 bits per heavy atom. The number of aromatic nitrogens is 3. The van der Waals surface area contributed by atoms with Crippen LogP contribution in [0.4, 0.5) is 11.5 Å². The van der Waals surface area contributed by atoms with Crippen molar-refractivity contribution in [3.63, 3.8) is 0 Å². The molecule has 1 N–H and O–H groups in total. The van der Waals surface area contributed by atoms with Gasteiger partial charge >= 0.3 is 0 Å². The molecule has 2 aliphatic rings. The van der Waals surface area contributed by atoms with Crippen molar-refractivity contribution in [1.29, 1.82) is 0 Å². The number of benzene rings is 1. The number of carbonyl (C=O) groups is 2. The summed E-state index contributed by atoms with van der Waals surface area (Å²) in [4.78, 5) is 31.4. The highest BCUT2D eigenvalue weighted by Crippen LogP contribution is 2.37. The number of hydrogen-bond acceptors (Lipinski definition) is 6. The Kier molecular flexibility index (Phi) is 5.15. The van der Waals surface area contributed by atoms with Crippen LogP contribution in [0.5, 0.6) is 11.5 Å². The molecule has 1 aromatic carbocycles. The maximum atomic E-state index is 13.0. The fourth-order valence-electron chi connectivity index (χ4n) is 3.73. The van der Waals surface area contributed by atoms with Crippen LogP contribution in [0.1, 0.15) is 12.1 Å². The number of anilines is 2. The molecule has 4 heterocycles. The number of aryl methyl sites for hydroxylation is 1. The van der Waals surface area contributed by atoms with Gasteiger partial charge in [0.25, 0.3) is 0 Å². The molecule has 0 spiro atoms. The molecule has 1 atom stereocenters. The standard InChI is InChI=1S/C21H17Cl2N5O4/c1-11-4-18(28(26-11)20-15(23)6-13(22)8-24-20)25-21(30)12-5-19(29)27(9-12)14-2-3-16-17(7-14)32-10-31-16/h2-4,6-8,12H,5,9-10H2,1H3,(H,25,30). The van der Waals surface area contributed by atoms with Crippen molar-refractivity contribution in [2.75, 3.05) is 23.6 Å². The summed E-state index contributed by atoms with van der Waals surface area (Å²) in [7, 11) is 0. The Balaban J connectivity index is 1.35. The Hall–Kier alpha value is -3.30. The highest BCUT2D eigenvalue weighted by molar-refractivity contribution is 6.35. The molecular formula is C21H17Cl2N5O4. The predicted molar refractivity (Wildman–Crippen MR) is 118 cm³/mol. The van der Waals surface area contributed by atoms with Crippen molar-refractivity contribution >= 4 is 46.5 Å². The van der Waals surface area contributed by atoms with Gasteiger partial charge in [-0.25, -0.2) is 4.98 Å². The lowest BCUT2D eigenvalue weighted by Crippen LogP contribution is -2.28. The van der Waals surface area contributed by atoms with E-state index in [1.54, 1.807) is 42.2 Å². The number of nitrogens with zero attached hydrogens (tertiary/aromatic N) is 4. The van der Waals surface area contributed by atoms with Gasteiger partial charge in [0.1, 0.15) is 5.82 Å². The van der Waals surface area contributed by atoms with Crippen LogP contribution in [0, 0.1) is 12.8 Å². The quantitative estimate of drug-likeness (QED) is 0.621. The van der Waals surface area contributed by atoms with Gasteiger partial charge in [-0.1, -0.05) is 23.2 Å². The number of ether oxygens (including phenoxy) is 2. The summed E-state index contributed by atoms with van der Waals surface area (Å²) in [6, 6.07) is 8.53. The average molecular weight is 474 g/mol. The zero-order valence-corrected chi connectivity index (χ0v) is 18.4. The van der Waals surface area contributed by atoms with E-state index < -0.39 is 5.92 Å². The van der Waals surface area contributed by atoms with E-state index in [0.29, 0.717) is 44.6 Å². The van der Waals surface area contributed by atoms with E-state index in [-0.39, 0.29) is 31.6 Å². The minimum Gasteiger partial charge on any atom is -0.454 e. The number of rotatable bonds is 4. The summed E-state index contributed by atoms with van der Waals surface area (Å²) in [6.07, 6.45) is 1.54. The first-order chi connectivity index (χ1) is 15.4. The van der Waals surface area contributed by atoms with Crippen LogP contribution in [0.3, 0.4) is 0 Å². The largest absolute Gasteiger partial charge is 0.454 e. The number of pyridine rings is 1. The maximum Gasteiger partial charge on any atom is 0.231 e. The van der Waals surface area contributed by atoms with Crippen molar-refractivity contribution in [3.8, 4) is 17.3 Å². The minimum atomic E-state index is -0.537. The third-order valence-corrected chi connectivity index (χ3v) is 5.72. The van der Waals surface area contributed by atoms with Gasteiger partial charge in [0.2, 0.25) is 18.6 Å². The molecule has 0 bridgehead atoms. The van der Waals surface area contributed by atoms with Gasteiger partial charge in [0, 0.05) is 37.0 Å². The van der Waals surface area contributed by atoms with E-state index in [4.69, 9.17) is 32.7 Å². The molecule has 0 aliphatic carbocycles. The third kappa shape index (κ3) is 3.74. The fraction of sp³-hybridized carbons (Fsp3) is 0.238. The predicted octanol–water partition coefficient (Wildman–Crippen LogP) is 3.60. The van der Waals surface area contributed by atoms with Gasteiger partial charge in [0.15, 0.2) is 17.3 Å². The summed E-state index contributed by atoms with van der Waals surface area (Å²) in [5, 5.41) is 7.91. The van der Waals surface area contributed by atoms with Crippen molar-refractivity contribution in [2.45, 2.75) is 13.3 Å². The monoisotopic (exact) mass is 473 g/mol. The third-order valence-electron chi connectivity index (χ3n) is 5.24. The number of hydrogen-bond donors (Lipinski definition) is 1. The van der Waals surface area contributed by atoms with E-state index in [1.807, 2.05) is 0 Å². The molecule has 1 saturated heterocycles. The first-order valence-electron chi connectivity index (χ1n) is 9.78. The Morgan fingerprint density at radius 1 is 1.19 bits per heavy atom. The molecule has 32 heavy (non-hydrogen) atoms. The molecule has 3 aromatic rings. The molecule has 5 rings (SSSR count). The second-order valence-electron chi connectivity index (χ2n) is 7.47. The van der Waals surface area contributed by atoms with Gasteiger partial charge in [0.05, 0.1) is 21.7 Å². The van der Waals surface area contributed by atoms with Crippen LogP contribution < -0.4 is 19.7 Å². The molecule has 11 heteroatoms. The lowest BCUT2D eigenvalue weighted by molar-refractivity contribution is -0.122. The number of nitrogens with one attached hydrogen (secondary N) is 1. The van der Waals surface area contributed by atoms with Crippen LogP contribution in [0.25, 0.3) is 5.82 Å². The van der Waals surface area contributed by atoms with Gasteiger partial charge < -0.3 is 19.7 Å². The molecular weight excluding hydrogens is 457 g/mol. The lowest BCUT2D eigenvalue weighted by atomic mass is 10.1. The Bertz CT molecular complexity index is 1240. The van der Waals surface area contributed by atoms with Crippen LogP contribution in [-0.4, -0.2) is 39.9 Å². The number of fused-ring (bicyclic) bond motifs is 1. The smallest absolute Gasteiger partial charge is 0.231 e. The van der Waals surface area contributed by atoms with Gasteiger partial charge in [-0.3, -0.25) is 9.59 Å². The van der Waals surface area contributed by atoms with Gasteiger partial charge in [-0.15, -0.1) is 0 Å². The Morgan fingerprint density at radius 3 is 2.81 bits per heavy atom. The van der Waals surface area contributed by atoms with Gasteiger partial charge in [-0.2, -0.15) is 9.78 Å². The topological polar surface area (TPSA) is 98.6 Å². The normalized spacial score (nSPS) is 17.2. The zero-order chi connectivity index (χ0) is 22.4. The molecule has 1 unspecified atom stereocenters. The summed E-state index contributed by atoms with van der Waals surface area (Å²) in [5.74, 6) is 0.971. The fourth-order valence-corrected chi connectivity index (χ4v) is 4.19. The van der Waals surface area contributed by atoms with Crippen molar-refractivity contribution < 1.29 is 19.1 Å². The molecule has 2 amide bonds. The van der Waals surface area contributed by atoms with E-state index >= 15 is 0 Å². The maximum absolute atomic E-state index is 13.0. The lowest BCUT2D eigenvalue weighted by Gasteiger charge is -2.17. The van der Waals surface area contributed by atoms with Crippen LogP contribution in [-0.2, 0) is 9.59 Å². The molecule has 0 saturated carbocycles. The highest BCUT2D eigenvalue weighted by Gasteiger charge is 2.36. The second-order valence-corrected chi connectivity index (χ2v) is 8.32. The first kappa shape index (κ1) is 20.6. The average Bonchev–Trinajstić information content (AvgIpc) is 3.46. The molecule has 9 nitrogen and oxygen atoms in total. The first-order valence-corrected chi connectivity index (χ1v) is 10.5. The highest BCUT2D eigenvalue weighted by atomic mass is 35.5. The van der Waals surface area contributed by atoms with Crippen LogP contribution in [0.15, 0.2) is 36.5 Å².